The Hall–Kier alpha value is -0.580. The molecule has 19 heavy (non-hydrogen) atoms. The monoisotopic (exact) mass is 300 g/mol. The van der Waals surface area contributed by atoms with Crippen LogP contribution in [0.5, 0.6) is 0 Å². The van der Waals surface area contributed by atoms with Crippen LogP contribution in [0.15, 0.2) is 12.1 Å². The number of hydrogen-bond donors (Lipinski definition) is 2. The predicted octanol–water partition coefficient (Wildman–Crippen LogP) is 2.84. The van der Waals surface area contributed by atoms with Crippen molar-refractivity contribution in [3.8, 4) is 0 Å². The van der Waals surface area contributed by atoms with Crippen LogP contribution < -0.4 is 10.6 Å². The minimum atomic E-state index is -0.203. The molecule has 2 N–H and O–H groups in total. The van der Waals surface area contributed by atoms with Gasteiger partial charge >= 0.3 is 0 Å². The average molecular weight is 301 g/mol. The van der Waals surface area contributed by atoms with Gasteiger partial charge in [0, 0.05) is 18.0 Å². The molecule has 1 aromatic rings. The zero-order valence-electron chi connectivity index (χ0n) is 11.3. The van der Waals surface area contributed by atoms with Crippen molar-refractivity contribution in [2.45, 2.75) is 32.6 Å². The van der Waals surface area contributed by atoms with E-state index in [9.17, 15) is 4.79 Å². The highest BCUT2D eigenvalue weighted by molar-refractivity contribution is 7.16. The first-order valence-corrected chi connectivity index (χ1v) is 8.09. The van der Waals surface area contributed by atoms with Gasteiger partial charge in [-0.05, 0) is 44.4 Å². The normalized spacial score (nSPS) is 23.3. The summed E-state index contributed by atoms with van der Waals surface area (Å²) in [5.41, 5.74) is -0.203. The molecule has 0 radical (unpaired) electrons. The predicted molar refractivity (Wildman–Crippen MR) is 80.9 cm³/mol. The third-order valence-corrected chi connectivity index (χ3v) is 5.21. The molecule has 0 saturated carbocycles. The number of amides is 1. The second kappa shape index (κ2) is 6.73. The van der Waals surface area contributed by atoms with Crippen LogP contribution in [0.3, 0.4) is 0 Å². The van der Waals surface area contributed by atoms with Crippen LogP contribution >= 0.6 is 22.9 Å². The molecule has 5 heteroatoms. The van der Waals surface area contributed by atoms with E-state index in [-0.39, 0.29) is 11.3 Å². The van der Waals surface area contributed by atoms with Gasteiger partial charge in [0.2, 0.25) is 5.91 Å². The first kappa shape index (κ1) is 14.8. The average Bonchev–Trinajstić information content (AvgIpc) is 2.85. The van der Waals surface area contributed by atoms with E-state index in [1.807, 2.05) is 12.1 Å². The van der Waals surface area contributed by atoms with Crippen molar-refractivity contribution in [3.05, 3.63) is 21.3 Å². The molecule has 1 aliphatic heterocycles. The summed E-state index contributed by atoms with van der Waals surface area (Å²) >= 11 is 7.47. The van der Waals surface area contributed by atoms with Crippen LogP contribution in [0.4, 0.5) is 0 Å². The standard InChI is InChI=1S/C14H21ClN2OS/c1-2-14(7-3-8-16-10-14)13(18)17-9-6-11-4-5-12(15)19-11/h4-5,16H,2-3,6-10H2,1H3,(H,17,18). The number of carbonyl (C=O) groups excluding carboxylic acids is 1. The summed E-state index contributed by atoms with van der Waals surface area (Å²) in [5.74, 6) is 0.199. The van der Waals surface area contributed by atoms with Crippen molar-refractivity contribution in [1.82, 2.24) is 10.6 Å². The number of rotatable bonds is 5. The van der Waals surface area contributed by atoms with Gasteiger partial charge in [-0.1, -0.05) is 18.5 Å². The van der Waals surface area contributed by atoms with Gasteiger partial charge in [-0.15, -0.1) is 11.3 Å². The second-order valence-electron chi connectivity index (χ2n) is 5.13. The Bertz CT molecular complexity index is 427. The largest absolute Gasteiger partial charge is 0.355 e. The van der Waals surface area contributed by atoms with E-state index < -0.39 is 0 Å². The fraction of sp³-hybridized carbons (Fsp3) is 0.643. The summed E-state index contributed by atoms with van der Waals surface area (Å²) in [4.78, 5) is 13.6. The van der Waals surface area contributed by atoms with Crippen molar-refractivity contribution in [3.63, 3.8) is 0 Å². The van der Waals surface area contributed by atoms with E-state index in [1.165, 1.54) is 4.88 Å². The molecule has 0 aromatic carbocycles. The lowest BCUT2D eigenvalue weighted by Gasteiger charge is -2.35. The number of halogens is 1. The molecule has 1 atom stereocenters. The van der Waals surface area contributed by atoms with E-state index in [0.29, 0.717) is 6.54 Å². The topological polar surface area (TPSA) is 41.1 Å². The number of carbonyl (C=O) groups is 1. The smallest absolute Gasteiger partial charge is 0.227 e. The summed E-state index contributed by atoms with van der Waals surface area (Å²) in [6.07, 6.45) is 3.84. The van der Waals surface area contributed by atoms with Crippen LogP contribution in [0.2, 0.25) is 4.34 Å². The minimum absolute atomic E-state index is 0.199. The Balaban J connectivity index is 1.82. The summed E-state index contributed by atoms with van der Waals surface area (Å²) in [7, 11) is 0. The SMILES string of the molecule is CCC1(C(=O)NCCc2ccc(Cl)s2)CCCNC1. The van der Waals surface area contributed by atoms with Crippen molar-refractivity contribution >= 4 is 28.8 Å². The number of nitrogens with one attached hydrogen (secondary N) is 2. The summed E-state index contributed by atoms with van der Waals surface area (Å²) in [6, 6.07) is 3.93. The quantitative estimate of drug-likeness (QED) is 0.878. The second-order valence-corrected chi connectivity index (χ2v) is 6.93. The molecule has 0 bridgehead atoms. The molecule has 0 spiro atoms. The molecule has 1 unspecified atom stereocenters. The van der Waals surface area contributed by atoms with Crippen LogP contribution in [-0.4, -0.2) is 25.5 Å². The third-order valence-electron chi connectivity index (χ3n) is 3.92. The first-order valence-electron chi connectivity index (χ1n) is 6.89. The lowest BCUT2D eigenvalue weighted by atomic mass is 9.77. The molecule has 1 saturated heterocycles. The Morgan fingerprint density at radius 2 is 2.42 bits per heavy atom. The fourth-order valence-corrected chi connectivity index (χ4v) is 3.68. The minimum Gasteiger partial charge on any atom is -0.355 e. The molecule has 1 amide bonds. The fourth-order valence-electron chi connectivity index (χ4n) is 2.60. The van der Waals surface area contributed by atoms with Crippen LogP contribution in [0.25, 0.3) is 0 Å². The Labute approximate surface area is 123 Å². The molecule has 2 rings (SSSR count). The Kier molecular flexibility index (Phi) is 5.25. The number of thiophene rings is 1. The Morgan fingerprint density at radius 1 is 1.58 bits per heavy atom. The maximum atomic E-state index is 12.4. The van der Waals surface area contributed by atoms with E-state index in [0.717, 1.165) is 43.1 Å². The lowest BCUT2D eigenvalue weighted by molar-refractivity contribution is -0.132. The molecule has 1 aromatic heterocycles. The Morgan fingerprint density at radius 3 is 3.00 bits per heavy atom. The summed E-state index contributed by atoms with van der Waals surface area (Å²) in [6.45, 7) is 4.63. The molecule has 0 aliphatic carbocycles. The van der Waals surface area contributed by atoms with Gasteiger partial charge in [-0.2, -0.15) is 0 Å². The highest BCUT2D eigenvalue weighted by atomic mass is 35.5. The highest BCUT2D eigenvalue weighted by Crippen LogP contribution is 2.30. The number of hydrogen-bond acceptors (Lipinski definition) is 3. The molecular formula is C14H21ClN2OS. The molecular weight excluding hydrogens is 280 g/mol. The van der Waals surface area contributed by atoms with Gasteiger partial charge in [0.15, 0.2) is 0 Å². The van der Waals surface area contributed by atoms with E-state index in [1.54, 1.807) is 11.3 Å². The van der Waals surface area contributed by atoms with Crippen molar-refractivity contribution in [1.29, 1.82) is 0 Å². The van der Waals surface area contributed by atoms with Gasteiger partial charge in [-0.3, -0.25) is 4.79 Å². The highest BCUT2D eigenvalue weighted by Gasteiger charge is 2.37. The van der Waals surface area contributed by atoms with Crippen LogP contribution in [0.1, 0.15) is 31.1 Å². The van der Waals surface area contributed by atoms with Crippen molar-refractivity contribution in [2.24, 2.45) is 5.41 Å². The van der Waals surface area contributed by atoms with Crippen molar-refractivity contribution < 1.29 is 4.79 Å². The summed E-state index contributed by atoms with van der Waals surface area (Å²) < 4.78 is 0.808. The molecule has 1 aliphatic rings. The van der Waals surface area contributed by atoms with Gasteiger partial charge in [0.1, 0.15) is 0 Å². The molecule has 2 heterocycles. The van der Waals surface area contributed by atoms with Gasteiger partial charge in [-0.25, -0.2) is 0 Å². The zero-order valence-corrected chi connectivity index (χ0v) is 12.9. The van der Waals surface area contributed by atoms with Gasteiger partial charge < -0.3 is 10.6 Å². The van der Waals surface area contributed by atoms with E-state index >= 15 is 0 Å². The lowest BCUT2D eigenvalue weighted by Crippen LogP contribution is -2.50. The van der Waals surface area contributed by atoms with Gasteiger partial charge in [0.05, 0.1) is 9.75 Å². The summed E-state index contributed by atoms with van der Waals surface area (Å²) in [5, 5.41) is 6.43. The van der Waals surface area contributed by atoms with Crippen LogP contribution in [0, 0.1) is 5.41 Å². The maximum absolute atomic E-state index is 12.4. The molecule has 3 nitrogen and oxygen atoms in total. The third kappa shape index (κ3) is 3.71. The zero-order chi connectivity index (χ0) is 13.7. The van der Waals surface area contributed by atoms with E-state index in [4.69, 9.17) is 11.6 Å². The molecule has 106 valence electrons. The van der Waals surface area contributed by atoms with Gasteiger partial charge in [0.25, 0.3) is 0 Å². The van der Waals surface area contributed by atoms with E-state index in [2.05, 4.69) is 17.6 Å². The van der Waals surface area contributed by atoms with Crippen molar-refractivity contribution in [2.75, 3.05) is 19.6 Å². The maximum Gasteiger partial charge on any atom is 0.227 e. The van der Waals surface area contributed by atoms with Crippen LogP contribution in [-0.2, 0) is 11.2 Å². The molecule has 1 fully saturated rings. The number of piperidine rings is 1. The first-order chi connectivity index (χ1) is 9.16.